The molecule has 0 atom stereocenters. The second kappa shape index (κ2) is 6.26. The monoisotopic (exact) mass is 342 g/mol. The summed E-state index contributed by atoms with van der Waals surface area (Å²) in [6.07, 6.45) is 0. The van der Waals surface area contributed by atoms with Crippen molar-refractivity contribution in [2.75, 3.05) is 5.32 Å². The molecule has 21 heavy (non-hydrogen) atoms. The Morgan fingerprint density at radius 3 is 2.57 bits per heavy atom. The smallest absolute Gasteiger partial charge is 0.271 e. The maximum absolute atomic E-state index is 10.6. The van der Waals surface area contributed by atoms with Crippen molar-refractivity contribution in [1.82, 2.24) is 0 Å². The number of anilines is 1. The van der Waals surface area contributed by atoms with Crippen molar-refractivity contribution in [1.29, 1.82) is 0 Å². The van der Waals surface area contributed by atoms with Crippen molar-refractivity contribution in [2.24, 2.45) is 0 Å². The molecule has 0 aromatic heterocycles. The standard InChI is InChI=1S/C13H8Cl2N2O3S/c14-7-1-4-12(18)9(5-7)13(21)16-11-3-2-8(17(19)20)6-10(11)15/h1-6,18H,(H,16,21). The summed E-state index contributed by atoms with van der Waals surface area (Å²) in [5.74, 6) is -0.0325. The third-order valence-electron chi connectivity index (χ3n) is 2.61. The van der Waals surface area contributed by atoms with E-state index in [-0.39, 0.29) is 21.4 Å². The summed E-state index contributed by atoms with van der Waals surface area (Å²) in [6, 6.07) is 8.41. The molecule has 0 heterocycles. The first-order chi connectivity index (χ1) is 9.88. The minimum absolute atomic E-state index is 0.0325. The zero-order valence-corrected chi connectivity index (χ0v) is 12.7. The number of aromatic hydroxyl groups is 1. The number of nitrogens with zero attached hydrogens (tertiary/aromatic N) is 1. The molecule has 0 aliphatic rings. The Hall–Kier alpha value is -1.89. The van der Waals surface area contributed by atoms with Gasteiger partial charge in [0.1, 0.15) is 10.7 Å². The molecule has 0 saturated heterocycles. The fraction of sp³-hybridized carbons (Fsp3) is 0. The van der Waals surface area contributed by atoms with E-state index < -0.39 is 4.92 Å². The van der Waals surface area contributed by atoms with Crippen molar-refractivity contribution in [3.63, 3.8) is 0 Å². The first-order valence-corrected chi connectivity index (χ1v) is 6.78. The number of rotatable bonds is 3. The lowest BCUT2D eigenvalue weighted by molar-refractivity contribution is -0.384. The summed E-state index contributed by atoms with van der Waals surface area (Å²) in [4.78, 5) is 10.3. The lowest BCUT2D eigenvalue weighted by Gasteiger charge is -2.11. The third-order valence-corrected chi connectivity index (χ3v) is 3.48. The summed E-state index contributed by atoms with van der Waals surface area (Å²) < 4.78 is 0. The Morgan fingerprint density at radius 1 is 1.24 bits per heavy atom. The molecular formula is C13H8Cl2N2O3S. The van der Waals surface area contributed by atoms with Gasteiger partial charge in [-0.05, 0) is 24.3 Å². The molecule has 108 valence electrons. The lowest BCUT2D eigenvalue weighted by Crippen LogP contribution is -2.11. The normalized spacial score (nSPS) is 10.2. The van der Waals surface area contributed by atoms with Crippen LogP contribution in [-0.4, -0.2) is 15.0 Å². The van der Waals surface area contributed by atoms with Crippen molar-refractivity contribution in [3.8, 4) is 5.75 Å². The predicted octanol–water partition coefficient (Wildman–Crippen LogP) is 4.39. The van der Waals surface area contributed by atoms with Gasteiger partial charge in [0.15, 0.2) is 0 Å². The summed E-state index contributed by atoms with van der Waals surface area (Å²) in [7, 11) is 0. The SMILES string of the molecule is O=[N+]([O-])c1ccc(NC(=S)c2cc(Cl)ccc2O)c(Cl)c1. The van der Waals surface area contributed by atoms with Gasteiger partial charge in [0.25, 0.3) is 5.69 Å². The summed E-state index contributed by atoms with van der Waals surface area (Å²) in [5.41, 5.74) is 0.612. The van der Waals surface area contributed by atoms with Crippen molar-refractivity contribution < 1.29 is 10.0 Å². The molecule has 2 aromatic rings. The van der Waals surface area contributed by atoms with E-state index in [0.29, 0.717) is 16.3 Å². The van der Waals surface area contributed by atoms with Gasteiger partial charge >= 0.3 is 0 Å². The number of benzene rings is 2. The predicted molar refractivity (Wildman–Crippen MR) is 86.5 cm³/mol. The summed E-state index contributed by atoms with van der Waals surface area (Å²) >= 11 is 17.0. The largest absolute Gasteiger partial charge is 0.507 e. The second-order valence-electron chi connectivity index (χ2n) is 4.04. The van der Waals surface area contributed by atoms with Crippen LogP contribution in [0, 0.1) is 10.1 Å². The minimum Gasteiger partial charge on any atom is -0.507 e. The maximum Gasteiger partial charge on any atom is 0.271 e. The molecule has 2 aromatic carbocycles. The lowest BCUT2D eigenvalue weighted by atomic mass is 10.2. The molecule has 0 radical (unpaired) electrons. The Labute approximate surface area is 135 Å². The molecule has 2 N–H and O–H groups in total. The van der Waals surface area contributed by atoms with Crippen LogP contribution in [0.2, 0.25) is 10.0 Å². The first-order valence-electron chi connectivity index (χ1n) is 5.62. The van der Waals surface area contributed by atoms with Gasteiger partial charge in [0.05, 0.1) is 21.2 Å². The average molecular weight is 343 g/mol. The highest BCUT2D eigenvalue weighted by atomic mass is 35.5. The van der Waals surface area contributed by atoms with Crippen LogP contribution in [0.1, 0.15) is 5.56 Å². The van der Waals surface area contributed by atoms with Crippen LogP contribution >= 0.6 is 35.4 Å². The molecule has 0 spiro atoms. The van der Waals surface area contributed by atoms with E-state index in [1.807, 2.05) is 0 Å². The molecular weight excluding hydrogens is 335 g/mol. The van der Waals surface area contributed by atoms with Crippen molar-refractivity contribution >= 4 is 51.8 Å². The molecule has 0 aliphatic heterocycles. The molecule has 0 bridgehead atoms. The number of hydrogen-bond donors (Lipinski definition) is 2. The molecule has 0 unspecified atom stereocenters. The van der Waals surface area contributed by atoms with Gasteiger partial charge in [0, 0.05) is 17.2 Å². The Bertz CT molecular complexity index is 737. The van der Waals surface area contributed by atoms with Gasteiger partial charge in [-0.3, -0.25) is 10.1 Å². The highest BCUT2D eigenvalue weighted by molar-refractivity contribution is 7.81. The zero-order chi connectivity index (χ0) is 15.6. The Balaban J connectivity index is 2.27. The summed E-state index contributed by atoms with van der Waals surface area (Å²) in [6.45, 7) is 0. The number of nitro groups is 1. The molecule has 0 fully saturated rings. The van der Waals surface area contributed by atoms with E-state index in [9.17, 15) is 15.2 Å². The fourth-order valence-electron chi connectivity index (χ4n) is 1.60. The van der Waals surface area contributed by atoms with Crippen LogP contribution < -0.4 is 5.32 Å². The highest BCUT2D eigenvalue weighted by Crippen LogP contribution is 2.29. The quantitative estimate of drug-likeness (QED) is 0.491. The fourth-order valence-corrected chi connectivity index (χ4v) is 2.27. The molecule has 2 rings (SSSR count). The average Bonchev–Trinajstić information content (AvgIpc) is 2.43. The van der Waals surface area contributed by atoms with E-state index in [4.69, 9.17) is 35.4 Å². The second-order valence-corrected chi connectivity index (χ2v) is 5.29. The Morgan fingerprint density at radius 2 is 1.95 bits per heavy atom. The maximum atomic E-state index is 10.6. The van der Waals surface area contributed by atoms with Crippen molar-refractivity contribution in [3.05, 3.63) is 62.1 Å². The number of phenols is 1. The van der Waals surface area contributed by atoms with Gasteiger partial charge in [-0.15, -0.1) is 0 Å². The van der Waals surface area contributed by atoms with Gasteiger partial charge in [-0.2, -0.15) is 0 Å². The Kier molecular flexibility index (Phi) is 4.62. The van der Waals surface area contributed by atoms with E-state index in [1.54, 1.807) is 0 Å². The van der Waals surface area contributed by atoms with E-state index in [2.05, 4.69) is 5.32 Å². The first kappa shape index (κ1) is 15.5. The number of non-ortho nitro benzene ring substituents is 1. The van der Waals surface area contributed by atoms with E-state index >= 15 is 0 Å². The van der Waals surface area contributed by atoms with Crippen LogP contribution in [0.3, 0.4) is 0 Å². The highest BCUT2D eigenvalue weighted by Gasteiger charge is 2.13. The van der Waals surface area contributed by atoms with Gasteiger partial charge in [-0.25, -0.2) is 0 Å². The van der Waals surface area contributed by atoms with Crippen LogP contribution in [0.5, 0.6) is 5.75 Å². The summed E-state index contributed by atoms with van der Waals surface area (Å²) in [5, 5.41) is 23.8. The van der Waals surface area contributed by atoms with Gasteiger partial charge in [0.2, 0.25) is 0 Å². The van der Waals surface area contributed by atoms with E-state index in [1.165, 1.54) is 36.4 Å². The van der Waals surface area contributed by atoms with E-state index in [0.717, 1.165) is 0 Å². The van der Waals surface area contributed by atoms with Crippen LogP contribution in [0.15, 0.2) is 36.4 Å². The number of nitrogens with one attached hydrogen (secondary N) is 1. The molecule has 0 amide bonds. The molecule has 5 nitrogen and oxygen atoms in total. The number of hydrogen-bond acceptors (Lipinski definition) is 4. The number of nitro benzene ring substituents is 1. The third kappa shape index (κ3) is 3.60. The minimum atomic E-state index is -0.545. The van der Waals surface area contributed by atoms with Gasteiger partial charge in [-0.1, -0.05) is 35.4 Å². The molecule has 0 aliphatic carbocycles. The number of phenolic OH excluding ortho intramolecular Hbond substituents is 1. The van der Waals surface area contributed by atoms with Crippen LogP contribution in [-0.2, 0) is 0 Å². The van der Waals surface area contributed by atoms with Crippen LogP contribution in [0.4, 0.5) is 11.4 Å². The van der Waals surface area contributed by atoms with Crippen molar-refractivity contribution in [2.45, 2.75) is 0 Å². The molecule has 8 heteroatoms. The topological polar surface area (TPSA) is 75.4 Å². The number of thiocarbonyl (C=S) groups is 1. The molecule has 0 saturated carbocycles. The number of halogens is 2. The van der Waals surface area contributed by atoms with Gasteiger partial charge < -0.3 is 10.4 Å². The van der Waals surface area contributed by atoms with Crippen LogP contribution in [0.25, 0.3) is 0 Å². The zero-order valence-electron chi connectivity index (χ0n) is 10.3.